The molecule has 0 fully saturated rings. The van der Waals surface area contributed by atoms with Gasteiger partial charge in [-0.1, -0.05) is 27.2 Å². The van der Waals surface area contributed by atoms with Gasteiger partial charge in [-0.2, -0.15) is 9.98 Å². The van der Waals surface area contributed by atoms with Crippen molar-refractivity contribution in [1.82, 2.24) is 0 Å². The van der Waals surface area contributed by atoms with Crippen LogP contribution in [0.1, 0.15) is 33.6 Å². The molecule has 1 aliphatic rings. The third-order valence-electron chi connectivity index (χ3n) is 2.49. The predicted octanol–water partition coefficient (Wildman–Crippen LogP) is 2.70. The number of carbonyl (C=O) groups excluding carboxylic acids is 1. The van der Waals surface area contributed by atoms with Crippen molar-refractivity contribution in [3.05, 3.63) is 0 Å². The van der Waals surface area contributed by atoms with Gasteiger partial charge in [0.1, 0.15) is 0 Å². The van der Waals surface area contributed by atoms with E-state index in [-0.39, 0.29) is 6.03 Å². The fourth-order valence-electron chi connectivity index (χ4n) is 1.42. The molecular formula is C10H16N2O. The average Bonchev–Trinajstić information content (AvgIpc) is 2.51. The molecule has 0 N–H and O–H groups in total. The Morgan fingerprint density at radius 2 is 2.15 bits per heavy atom. The van der Waals surface area contributed by atoms with Gasteiger partial charge in [-0.25, -0.2) is 4.79 Å². The number of nitrogens with zero attached hydrogens (tertiary/aromatic N) is 2. The molecule has 1 aliphatic heterocycles. The van der Waals surface area contributed by atoms with Crippen LogP contribution in [0.3, 0.4) is 0 Å². The minimum absolute atomic E-state index is 0.352. The molecule has 0 saturated heterocycles. The molecule has 0 aromatic rings. The molecule has 3 nitrogen and oxygen atoms in total. The summed E-state index contributed by atoms with van der Waals surface area (Å²) in [5.41, 5.74) is 0.838. The topological polar surface area (TPSA) is 41.8 Å². The highest BCUT2D eigenvalue weighted by Crippen LogP contribution is 2.17. The van der Waals surface area contributed by atoms with Crippen molar-refractivity contribution in [2.75, 3.05) is 0 Å². The standard InChI is InChI=1S/C10H16N2O/c1-4-7(2)5-8(3)9-6-11-10(13)12-9/h6-8H,4-5H2,1-3H3. The predicted molar refractivity (Wildman–Crippen MR) is 54.6 cm³/mol. The van der Waals surface area contributed by atoms with Crippen LogP contribution in [0.2, 0.25) is 0 Å². The van der Waals surface area contributed by atoms with E-state index in [1.54, 1.807) is 6.21 Å². The first kappa shape index (κ1) is 10.1. The van der Waals surface area contributed by atoms with Crippen LogP contribution in [0.4, 0.5) is 4.79 Å². The summed E-state index contributed by atoms with van der Waals surface area (Å²) in [6, 6.07) is -0.356. The van der Waals surface area contributed by atoms with Crippen molar-refractivity contribution in [3.8, 4) is 0 Å². The van der Waals surface area contributed by atoms with Crippen molar-refractivity contribution >= 4 is 18.0 Å². The van der Waals surface area contributed by atoms with Gasteiger partial charge < -0.3 is 0 Å². The number of urea groups is 1. The van der Waals surface area contributed by atoms with Crippen LogP contribution >= 0.6 is 0 Å². The minimum Gasteiger partial charge on any atom is -0.244 e. The average molecular weight is 180 g/mol. The number of carbonyl (C=O) groups is 1. The van der Waals surface area contributed by atoms with Crippen molar-refractivity contribution in [2.45, 2.75) is 33.6 Å². The molecule has 2 atom stereocenters. The minimum atomic E-state index is -0.356. The highest BCUT2D eigenvalue weighted by atomic mass is 16.2. The second-order valence-electron chi connectivity index (χ2n) is 3.73. The van der Waals surface area contributed by atoms with Gasteiger partial charge in [-0.15, -0.1) is 0 Å². The number of aliphatic imine (C=N–C) groups is 2. The summed E-state index contributed by atoms with van der Waals surface area (Å²) in [6.45, 7) is 6.48. The van der Waals surface area contributed by atoms with E-state index in [9.17, 15) is 4.79 Å². The van der Waals surface area contributed by atoms with Crippen molar-refractivity contribution in [1.29, 1.82) is 0 Å². The molecule has 0 aromatic heterocycles. The Balaban J connectivity index is 2.49. The Morgan fingerprint density at radius 3 is 2.62 bits per heavy atom. The molecule has 0 saturated carbocycles. The van der Waals surface area contributed by atoms with E-state index in [1.807, 2.05) is 0 Å². The van der Waals surface area contributed by atoms with Crippen molar-refractivity contribution in [3.63, 3.8) is 0 Å². The van der Waals surface area contributed by atoms with Crippen LogP contribution in [0.25, 0.3) is 0 Å². The Hall–Kier alpha value is -0.990. The molecule has 0 aromatic carbocycles. The van der Waals surface area contributed by atoms with E-state index in [0.717, 1.165) is 12.1 Å². The van der Waals surface area contributed by atoms with Crippen LogP contribution < -0.4 is 0 Å². The largest absolute Gasteiger partial charge is 0.367 e. The summed E-state index contributed by atoms with van der Waals surface area (Å²) in [7, 11) is 0. The van der Waals surface area contributed by atoms with Gasteiger partial charge in [-0.3, -0.25) is 0 Å². The molecule has 0 spiro atoms. The van der Waals surface area contributed by atoms with Gasteiger partial charge in [0.15, 0.2) is 0 Å². The summed E-state index contributed by atoms with van der Waals surface area (Å²) in [4.78, 5) is 18.2. The molecule has 0 aliphatic carbocycles. The van der Waals surface area contributed by atoms with E-state index >= 15 is 0 Å². The first-order valence-electron chi connectivity index (χ1n) is 4.80. The monoisotopic (exact) mass is 180 g/mol. The Morgan fingerprint density at radius 1 is 1.46 bits per heavy atom. The van der Waals surface area contributed by atoms with Gasteiger partial charge in [0, 0.05) is 5.92 Å². The number of amides is 2. The first-order chi connectivity index (χ1) is 6.13. The van der Waals surface area contributed by atoms with Crippen molar-refractivity contribution in [2.24, 2.45) is 21.8 Å². The fourth-order valence-corrected chi connectivity index (χ4v) is 1.42. The van der Waals surface area contributed by atoms with Crippen molar-refractivity contribution < 1.29 is 4.79 Å². The molecule has 3 heteroatoms. The van der Waals surface area contributed by atoms with Crippen LogP contribution in [0, 0.1) is 11.8 Å². The zero-order valence-electron chi connectivity index (χ0n) is 8.45. The Bertz CT molecular complexity index is 256. The normalized spacial score (nSPS) is 20.2. The lowest BCUT2D eigenvalue weighted by atomic mass is 9.92. The van der Waals surface area contributed by atoms with E-state index in [1.165, 1.54) is 6.42 Å². The Labute approximate surface area is 79.0 Å². The first-order valence-corrected chi connectivity index (χ1v) is 4.80. The van der Waals surface area contributed by atoms with E-state index in [2.05, 4.69) is 30.8 Å². The van der Waals surface area contributed by atoms with Gasteiger partial charge in [0.25, 0.3) is 0 Å². The SMILES string of the molecule is CCC(C)CC(C)C1=NC(=O)N=C1. The van der Waals surface area contributed by atoms with Gasteiger partial charge in [0.05, 0.1) is 11.9 Å². The summed E-state index contributed by atoms with van der Waals surface area (Å²) in [5, 5.41) is 0. The number of hydrogen-bond donors (Lipinski definition) is 0. The third kappa shape index (κ3) is 2.76. The maximum absolute atomic E-state index is 10.7. The zero-order valence-corrected chi connectivity index (χ0v) is 8.45. The molecule has 72 valence electrons. The lowest BCUT2D eigenvalue weighted by molar-refractivity contribution is 0.257. The lowest BCUT2D eigenvalue weighted by Gasteiger charge is -2.13. The van der Waals surface area contributed by atoms with E-state index in [0.29, 0.717) is 11.8 Å². The molecule has 0 radical (unpaired) electrons. The Kier molecular flexibility index (Phi) is 3.34. The zero-order chi connectivity index (χ0) is 9.84. The molecule has 1 heterocycles. The molecule has 0 bridgehead atoms. The third-order valence-corrected chi connectivity index (χ3v) is 2.49. The van der Waals surface area contributed by atoms with Gasteiger partial charge in [-0.05, 0) is 12.3 Å². The van der Waals surface area contributed by atoms with Gasteiger partial charge >= 0.3 is 6.03 Å². The second-order valence-corrected chi connectivity index (χ2v) is 3.73. The molecule has 2 amide bonds. The summed E-state index contributed by atoms with van der Waals surface area (Å²) in [5.74, 6) is 1.03. The smallest absolute Gasteiger partial charge is 0.244 e. The summed E-state index contributed by atoms with van der Waals surface area (Å²) >= 11 is 0. The van der Waals surface area contributed by atoms with Crippen LogP contribution in [-0.2, 0) is 0 Å². The molecular weight excluding hydrogens is 164 g/mol. The fraction of sp³-hybridized carbons (Fsp3) is 0.700. The highest BCUT2D eigenvalue weighted by Gasteiger charge is 2.16. The van der Waals surface area contributed by atoms with Crippen LogP contribution in [0.5, 0.6) is 0 Å². The van der Waals surface area contributed by atoms with E-state index in [4.69, 9.17) is 0 Å². The quantitative estimate of drug-likeness (QED) is 0.655. The molecule has 13 heavy (non-hydrogen) atoms. The maximum Gasteiger partial charge on any atom is 0.367 e. The maximum atomic E-state index is 10.7. The second kappa shape index (κ2) is 4.30. The lowest BCUT2D eigenvalue weighted by Crippen LogP contribution is -2.13. The summed E-state index contributed by atoms with van der Waals surface area (Å²) < 4.78 is 0. The molecule has 1 rings (SSSR count). The number of hydrogen-bond acceptors (Lipinski definition) is 1. The van der Waals surface area contributed by atoms with Crippen LogP contribution in [0.15, 0.2) is 9.98 Å². The van der Waals surface area contributed by atoms with Crippen LogP contribution in [-0.4, -0.2) is 18.0 Å². The van der Waals surface area contributed by atoms with Gasteiger partial charge in [0.2, 0.25) is 0 Å². The summed E-state index contributed by atoms with van der Waals surface area (Å²) in [6.07, 6.45) is 3.84. The number of rotatable bonds is 4. The van der Waals surface area contributed by atoms with E-state index < -0.39 is 0 Å². The highest BCUT2D eigenvalue weighted by molar-refractivity contribution is 6.38. The molecule has 2 unspecified atom stereocenters.